The van der Waals surface area contributed by atoms with E-state index in [1.807, 2.05) is 12.1 Å². The number of anilines is 1. The molecule has 0 atom stereocenters. The van der Waals surface area contributed by atoms with E-state index in [-0.39, 0.29) is 96.7 Å². The van der Waals surface area contributed by atoms with Crippen molar-refractivity contribution in [2.24, 2.45) is 0 Å². The lowest BCUT2D eigenvalue weighted by molar-refractivity contribution is -0.392. The second-order valence-electron chi connectivity index (χ2n) is 17.2. The Morgan fingerprint density at radius 3 is 1.94 bits per heavy atom. The Morgan fingerprint density at radius 2 is 1.29 bits per heavy atom. The maximum atomic E-state index is 13.6. The van der Waals surface area contributed by atoms with Crippen molar-refractivity contribution in [3.05, 3.63) is 122 Å². The predicted molar refractivity (Wildman–Crippen MR) is 281 cm³/mol. The number of methoxy groups -OCH3 is 1. The monoisotopic (exact) mass is 1120 g/mol. The highest BCUT2D eigenvalue weighted by molar-refractivity contribution is 6.45. The number of hydrogen-bond donors (Lipinski definition) is 2. The maximum absolute atomic E-state index is 13.6. The number of nitro benzene ring substituents is 2. The van der Waals surface area contributed by atoms with E-state index in [1.54, 1.807) is 58.4 Å². The van der Waals surface area contributed by atoms with E-state index < -0.39 is 32.9 Å². The van der Waals surface area contributed by atoms with E-state index in [1.165, 1.54) is 36.4 Å². The number of ether oxygens (including phenoxy) is 11. The molecule has 1 aliphatic heterocycles. The molecule has 2 amide bonds. The molecule has 6 aromatic rings. The van der Waals surface area contributed by atoms with E-state index in [4.69, 9.17) is 56.5 Å². The van der Waals surface area contributed by atoms with Gasteiger partial charge in [0, 0.05) is 56.6 Å². The number of aromatic nitrogens is 4. The number of Topliss-reactive ketones (excluding diaryl/α,β-unsaturated/α-hetero) is 1. The Labute approximate surface area is 458 Å². The van der Waals surface area contributed by atoms with Crippen LogP contribution in [0.15, 0.2) is 89.8 Å². The zero-order valence-electron chi connectivity index (χ0n) is 44.0. The molecule has 0 aliphatic carbocycles. The molecule has 7 rings (SSSR count). The molecule has 4 heterocycles. The topological polar surface area (TPSA) is 317 Å². The standard InChI is InChI=1S/C52H63N9O19/c1-69-46-12-11-39(44-10-5-19-79-44)48-47(46)41(32-54-48)50(62)52(64)58-16-14-57(15-17-58)51(63)40-6-2-3-9-45(40)80-31-30-74-29-28-73-27-26-72-25-24-71-23-22-70-21-18-59-33-38(55-56-59)34-76-36-78-37-77-35-75-20-13-53-49-42(60(65)66)7-4-8-43(49)61(67)68/h2-12,19,32-33,53-54H,13-18,20-31,34-37H2,1H3. The first kappa shape index (κ1) is 59.7. The van der Waals surface area contributed by atoms with Gasteiger partial charge in [0.2, 0.25) is 0 Å². The molecule has 0 saturated carbocycles. The van der Waals surface area contributed by atoms with Crippen molar-refractivity contribution in [1.82, 2.24) is 29.8 Å². The average molecular weight is 1120 g/mol. The first-order chi connectivity index (χ1) is 39.1. The van der Waals surface area contributed by atoms with Crippen LogP contribution in [0.2, 0.25) is 0 Å². The molecule has 430 valence electrons. The summed E-state index contributed by atoms with van der Waals surface area (Å²) in [6, 6.07) is 17.7. The number of piperazine rings is 1. The zero-order valence-corrected chi connectivity index (χ0v) is 44.0. The molecule has 1 fully saturated rings. The first-order valence-corrected chi connectivity index (χ1v) is 25.5. The molecule has 0 spiro atoms. The van der Waals surface area contributed by atoms with Gasteiger partial charge in [-0.3, -0.25) is 34.6 Å². The summed E-state index contributed by atoms with van der Waals surface area (Å²) < 4.78 is 67.7. The summed E-state index contributed by atoms with van der Waals surface area (Å²) in [4.78, 5) is 68.0. The first-order valence-electron chi connectivity index (χ1n) is 25.5. The Hall–Kier alpha value is -7.93. The summed E-state index contributed by atoms with van der Waals surface area (Å²) in [6.07, 6.45) is 4.80. The molecule has 28 nitrogen and oxygen atoms in total. The fourth-order valence-electron chi connectivity index (χ4n) is 8.09. The SMILES string of the molecule is COc1ccc(-c2ccco2)c2[nH]cc(C(=O)C(=O)N3CCN(C(=O)c4ccccc4OCCOCCOCCOCCOCCOCCn4cc(COCOCOCOCCNc5c([N+](=O)[O-])cccc5[N+](=O)[O-])nn4)CC3)c12. The van der Waals surface area contributed by atoms with Crippen LogP contribution in [0.1, 0.15) is 26.4 Å². The summed E-state index contributed by atoms with van der Waals surface area (Å²) in [5.74, 6) is -0.126. The number of aromatic amines is 1. The summed E-state index contributed by atoms with van der Waals surface area (Å²) in [6.45, 7) is 5.18. The average Bonchev–Trinajstić information content (AvgIpc) is 4.39. The fourth-order valence-corrected chi connectivity index (χ4v) is 8.09. The Kier molecular flexibility index (Phi) is 24.1. The van der Waals surface area contributed by atoms with Crippen molar-refractivity contribution in [3.8, 4) is 22.8 Å². The third-order valence-electron chi connectivity index (χ3n) is 12.0. The summed E-state index contributed by atoms with van der Waals surface area (Å²) in [7, 11) is 1.50. The minimum absolute atomic E-state index is 0.0583. The van der Waals surface area contributed by atoms with Crippen LogP contribution >= 0.6 is 0 Å². The molecule has 3 aromatic carbocycles. The number of H-pyrrole nitrogens is 1. The molecule has 0 radical (unpaired) electrons. The minimum atomic E-state index is -0.701. The van der Waals surface area contributed by atoms with Crippen LogP contribution in [0.3, 0.4) is 0 Å². The quantitative estimate of drug-likeness (QED) is 0.0132. The normalized spacial score (nSPS) is 12.5. The van der Waals surface area contributed by atoms with Crippen molar-refractivity contribution < 1.29 is 80.8 Å². The van der Waals surface area contributed by atoms with Gasteiger partial charge in [-0.25, -0.2) is 4.68 Å². The van der Waals surface area contributed by atoms with Gasteiger partial charge in [-0.15, -0.1) is 5.10 Å². The molecule has 28 heteroatoms. The van der Waals surface area contributed by atoms with Crippen LogP contribution in [0.4, 0.5) is 17.1 Å². The highest BCUT2D eigenvalue weighted by Crippen LogP contribution is 2.37. The van der Waals surface area contributed by atoms with Crippen LogP contribution in [0.25, 0.3) is 22.2 Å². The number of benzene rings is 3. The third kappa shape index (κ3) is 17.5. The van der Waals surface area contributed by atoms with Crippen LogP contribution in [0, 0.1) is 20.2 Å². The van der Waals surface area contributed by atoms with Gasteiger partial charge in [-0.1, -0.05) is 17.3 Å². The number of para-hydroxylation sites is 2. The van der Waals surface area contributed by atoms with Gasteiger partial charge in [0.1, 0.15) is 43.1 Å². The lowest BCUT2D eigenvalue weighted by atomic mass is 10.0. The zero-order chi connectivity index (χ0) is 56.3. The largest absolute Gasteiger partial charge is 0.496 e. The van der Waals surface area contributed by atoms with Crippen LogP contribution < -0.4 is 14.8 Å². The van der Waals surface area contributed by atoms with Crippen LogP contribution in [-0.2, 0) is 60.6 Å². The maximum Gasteiger partial charge on any atom is 0.299 e. The van der Waals surface area contributed by atoms with Crippen LogP contribution in [-0.4, -0.2) is 197 Å². The lowest BCUT2D eigenvalue weighted by Gasteiger charge is -2.34. The molecule has 2 N–H and O–H groups in total. The number of amides is 2. The number of rotatable bonds is 38. The summed E-state index contributed by atoms with van der Waals surface area (Å²) >= 11 is 0. The smallest absolute Gasteiger partial charge is 0.299 e. The second-order valence-corrected chi connectivity index (χ2v) is 17.2. The molecule has 3 aromatic heterocycles. The van der Waals surface area contributed by atoms with Gasteiger partial charge >= 0.3 is 0 Å². The van der Waals surface area contributed by atoms with Gasteiger partial charge in [0.25, 0.3) is 29.0 Å². The van der Waals surface area contributed by atoms with Crippen molar-refractivity contribution in [2.45, 2.75) is 13.2 Å². The number of nitro groups is 2. The van der Waals surface area contributed by atoms with E-state index in [0.717, 1.165) is 5.56 Å². The van der Waals surface area contributed by atoms with Gasteiger partial charge < -0.3 is 76.6 Å². The molecule has 1 aliphatic rings. The number of hydrogen-bond acceptors (Lipinski definition) is 22. The van der Waals surface area contributed by atoms with E-state index in [0.29, 0.717) is 105 Å². The molecule has 0 bridgehead atoms. The van der Waals surface area contributed by atoms with E-state index >= 15 is 0 Å². The van der Waals surface area contributed by atoms with Crippen molar-refractivity contribution >= 4 is 45.6 Å². The second kappa shape index (κ2) is 32.2. The van der Waals surface area contributed by atoms with E-state index in [2.05, 4.69) is 20.6 Å². The number of furan rings is 1. The van der Waals surface area contributed by atoms with E-state index in [9.17, 15) is 34.6 Å². The van der Waals surface area contributed by atoms with Crippen molar-refractivity contribution in [2.75, 3.05) is 145 Å². The predicted octanol–water partition coefficient (Wildman–Crippen LogP) is 4.72. The van der Waals surface area contributed by atoms with Gasteiger partial charge in [-0.2, -0.15) is 0 Å². The summed E-state index contributed by atoms with van der Waals surface area (Å²) in [5, 5.41) is 33.7. The molecular formula is C52H63N9O19. The number of fused-ring (bicyclic) bond motifs is 1. The molecular weight excluding hydrogens is 1050 g/mol. The van der Waals surface area contributed by atoms with Gasteiger partial charge in [0.05, 0.1) is 137 Å². The molecule has 0 unspecified atom stereocenters. The van der Waals surface area contributed by atoms with Gasteiger partial charge in [-0.05, 0) is 42.5 Å². The van der Waals surface area contributed by atoms with Crippen molar-refractivity contribution in [3.63, 3.8) is 0 Å². The number of carbonyl (C=O) groups is 3. The highest BCUT2D eigenvalue weighted by atomic mass is 16.8. The minimum Gasteiger partial charge on any atom is -0.496 e. The van der Waals surface area contributed by atoms with Crippen LogP contribution in [0.5, 0.6) is 11.5 Å². The fraction of sp³-hybridized carbons (Fsp3) is 0.442. The lowest BCUT2D eigenvalue weighted by Crippen LogP contribution is -2.52. The highest BCUT2D eigenvalue weighted by Gasteiger charge is 2.32. The van der Waals surface area contributed by atoms with Gasteiger partial charge in [0.15, 0.2) is 12.5 Å². The summed E-state index contributed by atoms with van der Waals surface area (Å²) in [5.41, 5.74) is 1.49. The Bertz CT molecular complexity index is 2880. The molecule has 80 heavy (non-hydrogen) atoms. The van der Waals surface area contributed by atoms with Crippen molar-refractivity contribution in [1.29, 1.82) is 0 Å². The Morgan fingerprint density at radius 1 is 0.662 bits per heavy atom. The number of carbonyl (C=O) groups excluding carboxylic acids is 3. The Balaban J connectivity index is 0.637. The number of ketones is 1. The number of nitrogens with zero attached hydrogens (tertiary/aromatic N) is 7. The number of nitrogens with one attached hydrogen (secondary N) is 2. The molecule has 1 saturated heterocycles. The third-order valence-corrected chi connectivity index (χ3v) is 12.0.